The van der Waals surface area contributed by atoms with Crippen molar-refractivity contribution in [3.05, 3.63) is 60.7 Å². The Morgan fingerprint density at radius 3 is 2.53 bits per heavy atom. The Balaban J connectivity index is 2.53. The van der Waals surface area contributed by atoms with Gasteiger partial charge in [-0.05, 0) is 18.4 Å². The van der Waals surface area contributed by atoms with Gasteiger partial charge in [0.2, 0.25) is 0 Å². The van der Waals surface area contributed by atoms with Gasteiger partial charge in [0, 0.05) is 5.92 Å². The first kappa shape index (κ1) is 11.8. The third-order valence-electron chi connectivity index (χ3n) is 2.52. The van der Waals surface area contributed by atoms with E-state index in [9.17, 15) is 0 Å². The lowest BCUT2D eigenvalue weighted by atomic mass is 9.96. The maximum absolute atomic E-state index is 3.90. The number of unbranched alkanes of at least 4 members (excludes halogenated alkanes) is 1. The van der Waals surface area contributed by atoms with Gasteiger partial charge in [0.05, 0.1) is 0 Å². The molecule has 1 aromatic carbocycles. The molecule has 0 aromatic heterocycles. The van der Waals surface area contributed by atoms with E-state index in [0.717, 1.165) is 6.42 Å². The summed E-state index contributed by atoms with van der Waals surface area (Å²) in [6.45, 7) is 6.10. The standard InChI is InChI=1S/C15H20/c1-3-5-6-8-11-14(4-2)15-12-9-7-10-13-15/h4,6-10,12-14H,2-3,5,11H2,1H3/b8-6+. The molecule has 80 valence electrons. The summed E-state index contributed by atoms with van der Waals surface area (Å²) >= 11 is 0. The van der Waals surface area contributed by atoms with Crippen LogP contribution >= 0.6 is 0 Å². The van der Waals surface area contributed by atoms with Crippen LogP contribution in [-0.4, -0.2) is 0 Å². The second-order valence-electron chi connectivity index (χ2n) is 3.75. The van der Waals surface area contributed by atoms with E-state index in [1.165, 1.54) is 18.4 Å². The first-order chi connectivity index (χ1) is 7.38. The highest BCUT2D eigenvalue weighted by atomic mass is 14.1. The molecular weight excluding hydrogens is 180 g/mol. The summed E-state index contributed by atoms with van der Waals surface area (Å²) in [7, 11) is 0. The lowest BCUT2D eigenvalue weighted by Gasteiger charge is -2.09. The van der Waals surface area contributed by atoms with Gasteiger partial charge in [-0.2, -0.15) is 0 Å². The van der Waals surface area contributed by atoms with Gasteiger partial charge < -0.3 is 0 Å². The lowest BCUT2D eigenvalue weighted by Crippen LogP contribution is -1.92. The van der Waals surface area contributed by atoms with E-state index < -0.39 is 0 Å². The second kappa shape index (κ2) is 7.05. The molecule has 0 spiro atoms. The monoisotopic (exact) mass is 200 g/mol. The molecule has 1 unspecified atom stereocenters. The van der Waals surface area contributed by atoms with Gasteiger partial charge in [0.1, 0.15) is 0 Å². The molecule has 0 radical (unpaired) electrons. The highest BCUT2D eigenvalue weighted by Gasteiger charge is 2.03. The van der Waals surface area contributed by atoms with Gasteiger partial charge in [-0.15, -0.1) is 6.58 Å². The fourth-order valence-electron chi connectivity index (χ4n) is 1.60. The Morgan fingerprint density at radius 1 is 1.20 bits per heavy atom. The van der Waals surface area contributed by atoms with Crippen LogP contribution in [0.2, 0.25) is 0 Å². The number of hydrogen-bond donors (Lipinski definition) is 0. The molecule has 0 saturated heterocycles. The van der Waals surface area contributed by atoms with E-state index in [2.05, 4.69) is 56.0 Å². The summed E-state index contributed by atoms with van der Waals surface area (Å²) in [4.78, 5) is 0. The molecule has 0 bridgehead atoms. The molecule has 0 aliphatic heterocycles. The van der Waals surface area contributed by atoms with Crippen molar-refractivity contribution in [2.24, 2.45) is 0 Å². The van der Waals surface area contributed by atoms with Gasteiger partial charge >= 0.3 is 0 Å². The van der Waals surface area contributed by atoms with Gasteiger partial charge in [0.15, 0.2) is 0 Å². The minimum absolute atomic E-state index is 0.458. The number of benzene rings is 1. The van der Waals surface area contributed by atoms with Crippen LogP contribution in [0.5, 0.6) is 0 Å². The lowest BCUT2D eigenvalue weighted by molar-refractivity contribution is 0.856. The third-order valence-corrected chi connectivity index (χ3v) is 2.52. The molecule has 0 amide bonds. The second-order valence-corrected chi connectivity index (χ2v) is 3.75. The summed E-state index contributed by atoms with van der Waals surface area (Å²) in [5, 5.41) is 0. The predicted molar refractivity (Wildman–Crippen MR) is 68.0 cm³/mol. The molecule has 0 aliphatic rings. The first-order valence-corrected chi connectivity index (χ1v) is 5.71. The highest BCUT2D eigenvalue weighted by molar-refractivity contribution is 5.23. The maximum atomic E-state index is 3.90. The molecule has 1 rings (SSSR count). The van der Waals surface area contributed by atoms with E-state index in [1.54, 1.807) is 0 Å². The van der Waals surface area contributed by atoms with E-state index in [1.807, 2.05) is 6.08 Å². The molecule has 0 nitrogen and oxygen atoms in total. The fourth-order valence-corrected chi connectivity index (χ4v) is 1.60. The van der Waals surface area contributed by atoms with Crippen molar-refractivity contribution in [1.82, 2.24) is 0 Å². The van der Waals surface area contributed by atoms with Crippen LogP contribution in [0.1, 0.15) is 37.7 Å². The van der Waals surface area contributed by atoms with Gasteiger partial charge in [-0.1, -0.05) is 61.9 Å². The summed E-state index contributed by atoms with van der Waals surface area (Å²) < 4.78 is 0. The predicted octanol–water partition coefficient (Wildman–Crippen LogP) is 4.70. The van der Waals surface area contributed by atoms with Crippen molar-refractivity contribution in [3.8, 4) is 0 Å². The highest BCUT2D eigenvalue weighted by Crippen LogP contribution is 2.20. The molecule has 0 saturated carbocycles. The van der Waals surface area contributed by atoms with Crippen LogP contribution in [-0.2, 0) is 0 Å². The minimum atomic E-state index is 0.458. The summed E-state index contributed by atoms with van der Waals surface area (Å²) in [5.74, 6) is 0.458. The third kappa shape index (κ3) is 4.16. The smallest absolute Gasteiger partial charge is 0.00498 e. The number of rotatable bonds is 6. The van der Waals surface area contributed by atoms with Crippen LogP contribution in [0, 0.1) is 0 Å². The van der Waals surface area contributed by atoms with Crippen LogP contribution < -0.4 is 0 Å². The van der Waals surface area contributed by atoms with Crippen molar-refractivity contribution in [1.29, 1.82) is 0 Å². The number of hydrogen-bond acceptors (Lipinski definition) is 0. The molecule has 0 N–H and O–H groups in total. The van der Waals surface area contributed by atoms with Gasteiger partial charge in [0.25, 0.3) is 0 Å². The largest absolute Gasteiger partial charge is 0.102 e. The zero-order chi connectivity index (χ0) is 10.9. The Bertz CT molecular complexity index is 295. The van der Waals surface area contributed by atoms with Gasteiger partial charge in [-0.3, -0.25) is 0 Å². The average molecular weight is 200 g/mol. The normalized spacial score (nSPS) is 12.9. The van der Waals surface area contributed by atoms with Crippen LogP contribution in [0.15, 0.2) is 55.1 Å². The van der Waals surface area contributed by atoms with Crippen LogP contribution in [0.4, 0.5) is 0 Å². The van der Waals surface area contributed by atoms with Crippen LogP contribution in [0.25, 0.3) is 0 Å². The van der Waals surface area contributed by atoms with Crippen molar-refractivity contribution < 1.29 is 0 Å². The van der Waals surface area contributed by atoms with Crippen molar-refractivity contribution >= 4 is 0 Å². The van der Waals surface area contributed by atoms with E-state index in [4.69, 9.17) is 0 Å². The summed E-state index contributed by atoms with van der Waals surface area (Å²) in [5.41, 5.74) is 1.36. The SMILES string of the molecule is C=CC(C/C=C/CCC)c1ccccc1. The Labute approximate surface area is 93.3 Å². The molecule has 0 heteroatoms. The molecule has 0 heterocycles. The van der Waals surface area contributed by atoms with E-state index in [0.29, 0.717) is 5.92 Å². The number of allylic oxidation sites excluding steroid dienone is 3. The topological polar surface area (TPSA) is 0 Å². The summed E-state index contributed by atoms with van der Waals surface area (Å²) in [6.07, 6.45) is 10.0. The maximum Gasteiger partial charge on any atom is 0.00498 e. The molecule has 1 atom stereocenters. The molecule has 1 aromatic rings. The molecular formula is C15H20. The van der Waals surface area contributed by atoms with E-state index >= 15 is 0 Å². The Morgan fingerprint density at radius 2 is 1.93 bits per heavy atom. The fraction of sp³-hybridized carbons (Fsp3) is 0.333. The zero-order valence-corrected chi connectivity index (χ0v) is 9.52. The quantitative estimate of drug-likeness (QED) is 0.584. The molecule has 0 aliphatic carbocycles. The summed E-state index contributed by atoms with van der Waals surface area (Å²) in [6, 6.07) is 10.6. The van der Waals surface area contributed by atoms with Crippen molar-refractivity contribution in [2.75, 3.05) is 0 Å². The van der Waals surface area contributed by atoms with Crippen molar-refractivity contribution in [2.45, 2.75) is 32.1 Å². The minimum Gasteiger partial charge on any atom is -0.102 e. The molecule has 15 heavy (non-hydrogen) atoms. The van der Waals surface area contributed by atoms with E-state index in [-0.39, 0.29) is 0 Å². The zero-order valence-electron chi connectivity index (χ0n) is 9.52. The first-order valence-electron chi connectivity index (χ1n) is 5.71. The molecule has 0 fully saturated rings. The Kier molecular flexibility index (Phi) is 5.54. The average Bonchev–Trinajstić information content (AvgIpc) is 2.30. The van der Waals surface area contributed by atoms with Gasteiger partial charge in [-0.25, -0.2) is 0 Å². The Hall–Kier alpha value is -1.30. The van der Waals surface area contributed by atoms with Crippen LogP contribution in [0.3, 0.4) is 0 Å². The van der Waals surface area contributed by atoms with Crippen molar-refractivity contribution in [3.63, 3.8) is 0 Å².